The van der Waals surface area contributed by atoms with Crippen LogP contribution in [0.3, 0.4) is 0 Å². The largest absolute Gasteiger partial charge is 0.380 e. The molecule has 0 saturated carbocycles. The lowest BCUT2D eigenvalue weighted by atomic mass is 10.1. The lowest BCUT2D eigenvalue weighted by Crippen LogP contribution is -2.35. The molecule has 0 amide bonds. The average molecular weight is 145 g/mol. The Balaban J connectivity index is 3.53. The molecule has 2 heteroatoms. The van der Waals surface area contributed by atoms with Crippen molar-refractivity contribution >= 4 is 0 Å². The van der Waals surface area contributed by atoms with E-state index in [0.717, 1.165) is 19.3 Å². The third kappa shape index (κ3) is 3.18. The van der Waals surface area contributed by atoms with Crippen molar-refractivity contribution in [2.75, 3.05) is 7.11 Å². The van der Waals surface area contributed by atoms with Crippen LogP contribution in [-0.2, 0) is 4.74 Å². The van der Waals surface area contributed by atoms with Crippen molar-refractivity contribution < 1.29 is 4.74 Å². The van der Waals surface area contributed by atoms with E-state index in [1.165, 1.54) is 0 Å². The second-order valence-electron chi connectivity index (χ2n) is 2.63. The molecule has 2 nitrogen and oxygen atoms in total. The van der Waals surface area contributed by atoms with Crippen molar-refractivity contribution in [3.63, 3.8) is 0 Å². The van der Waals surface area contributed by atoms with Gasteiger partial charge in [-0.2, -0.15) is 0 Å². The van der Waals surface area contributed by atoms with Crippen molar-refractivity contribution in [1.29, 1.82) is 0 Å². The molecule has 0 rings (SSSR count). The van der Waals surface area contributed by atoms with Gasteiger partial charge in [0, 0.05) is 13.2 Å². The van der Waals surface area contributed by atoms with E-state index in [9.17, 15) is 0 Å². The molecule has 10 heavy (non-hydrogen) atoms. The van der Waals surface area contributed by atoms with Crippen LogP contribution in [0.4, 0.5) is 0 Å². The van der Waals surface area contributed by atoms with E-state index in [1.54, 1.807) is 7.11 Å². The van der Waals surface area contributed by atoms with Crippen molar-refractivity contribution in [3.8, 4) is 0 Å². The van der Waals surface area contributed by atoms with E-state index in [-0.39, 0.29) is 12.1 Å². The van der Waals surface area contributed by atoms with Gasteiger partial charge in [0.2, 0.25) is 0 Å². The molecule has 0 heterocycles. The summed E-state index contributed by atoms with van der Waals surface area (Å²) in [5.74, 6) is 0. The highest BCUT2D eigenvalue weighted by Gasteiger charge is 2.12. The quantitative estimate of drug-likeness (QED) is 0.637. The number of ether oxygens (including phenoxy) is 1. The first-order valence-electron chi connectivity index (χ1n) is 4.04. The summed E-state index contributed by atoms with van der Waals surface area (Å²) in [5.41, 5.74) is 5.82. The Hall–Kier alpha value is -0.0800. The molecule has 2 atom stereocenters. The smallest absolute Gasteiger partial charge is 0.0719 e. The van der Waals surface area contributed by atoms with Gasteiger partial charge in [0.15, 0.2) is 0 Å². The van der Waals surface area contributed by atoms with Crippen molar-refractivity contribution in [3.05, 3.63) is 0 Å². The minimum atomic E-state index is 0.222. The highest BCUT2D eigenvalue weighted by atomic mass is 16.5. The lowest BCUT2D eigenvalue weighted by Gasteiger charge is -2.20. The molecule has 0 aliphatic rings. The molecule has 1 unspecified atom stereocenters. The van der Waals surface area contributed by atoms with Gasteiger partial charge < -0.3 is 10.5 Å². The first kappa shape index (κ1) is 9.92. The molecule has 62 valence electrons. The van der Waals surface area contributed by atoms with Crippen molar-refractivity contribution in [1.82, 2.24) is 0 Å². The van der Waals surface area contributed by atoms with Crippen LogP contribution in [0.2, 0.25) is 0 Å². The molecule has 0 spiro atoms. The van der Waals surface area contributed by atoms with Crippen molar-refractivity contribution in [2.45, 2.75) is 45.3 Å². The van der Waals surface area contributed by atoms with Gasteiger partial charge in [0.25, 0.3) is 0 Å². The molecule has 0 bridgehead atoms. The standard InChI is InChI=1S/C8H19NO/c1-4-6-7(9)8(5-2)10-3/h7-8H,4-6,9H2,1-3H3/t7-,8?/m0/s1. The normalized spacial score (nSPS) is 16.8. The zero-order valence-corrected chi connectivity index (χ0v) is 7.26. The summed E-state index contributed by atoms with van der Waals surface area (Å²) in [6.45, 7) is 4.24. The fourth-order valence-electron chi connectivity index (χ4n) is 1.16. The molecule has 0 aromatic heterocycles. The molecule has 0 aliphatic carbocycles. The van der Waals surface area contributed by atoms with Gasteiger partial charge in [-0.1, -0.05) is 20.3 Å². The van der Waals surface area contributed by atoms with Crippen LogP contribution in [0.25, 0.3) is 0 Å². The summed E-state index contributed by atoms with van der Waals surface area (Å²) in [7, 11) is 1.73. The van der Waals surface area contributed by atoms with Crippen LogP contribution in [0, 0.1) is 0 Å². The van der Waals surface area contributed by atoms with E-state index >= 15 is 0 Å². The summed E-state index contributed by atoms with van der Waals surface area (Å²) in [4.78, 5) is 0. The molecule has 2 N–H and O–H groups in total. The van der Waals surface area contributed by atoms with Gasteiger partial charge in [-0.05, 0) is 12.8 Å². The molecular formula is C8H19NO. The topological polar surface area (TPSA) is 35.2 Å². The molecule has 0 aliphatic heterocycles. The number of rotatable bonds is 5. The number of hydrogen-bond acceptors (Lipinski definition) is 2. The van der Waals surface area contributed by atoms with Gasteiger partial charge >= 0.3 is 0 Å². The van der Waals surface area contributed by atoms with Crippen LogP contribution < -0.4 is 5.73 Å². The number of nitrogens with two attached hydrogens (primary N) is 1. The Morgan fingerprint density at radius 1 is 1.40 bits per heavy atom. The maximum absolute atomic E-state index is 5.82. The Bertz CT molecular complexity index is 71.7. The molecule has 0 aromatic carbocycles. The predicted octanol–water partition coefficient (Wildman–Crippen LogP) is 1.54. The van der Waals surface area contributed by atoms with Crippen LogP contribution in [0.5, 0.6) is 0 Å². The second-order valence-corrected chi connectivity index (χ2v) is 2.63. The molecule has 0 saturated heterocycles. The van der Waals surface area contributed by atoms with Crippen LogP contribution in [0.1, 0.15) is 33.1 Å². The van der Waals surface area contributed by atoms with Crippen molar-refractivity contribution in [2.24, 2.45) is 5.73 Å². The zero-order valence-electron chi connectivity index (χ0n) is 7.26. The first-order chi connectivity index (χ1) is 4.76. The number of hydrogen-bond donors (Lipinski definition) is 1. The van der Waals surface area contributed by atoms with Crippen LogP contribution in [0.15, 0.2) is 0 Å². The monoisotopic (exact) mass is 145 g/mol. The lowest BCUT2D eigenvalue weighted by molar-refractivity contribution is 0.0746. The number of methoxy groups -OCH3 is 1. The van der Waals surface area contributed by atoms with Gasteiger partial charge in [-0.3, -0.25) is 0 Å². The summed E-state index contributed by atoms with van der Waals surface area (Å²) >= 11 is 0. The highest BCUT2D eigenvalue weighted by Crippen LogP contribution is 2.05. The molecule has 0 fully saturated rings. The Morgan fingerprint density at radius 2 is 2.00 bits per heavy atom. The molecule has 0 radical (unpaired) electrons. The molecular weight excluding hydrogens is 126 g/mol. The van der Waals surface area contributed by atoms with E-state index in [1.807, 2.05) is 0 Å². The maximum atomic E-state index is 5.82. The van der Waals surface area contributed by atoms with Gasteiger partial charge in [-0.25, -0.2) is 0 Å². The molecule has 0 aromatic rings. The maximum Gasteiger partial charge on any atom is 0.0719 e. The Kier molecular flexibility index (Phi) is 5.64. The SMILES string of the molecule is CCC[C@H](N)C(CC)OC. The van der Waals surface area contributed by atoms with Crippen LogP contribution >= 0.6 is 0 Å². The van der Waals surface area contributed by atoms with Gasteiger partial charge in [-0.15, -0.1) is 0 Å². The first-order valence-corrected chi connectivity index (χ1v) is 4.04. The Labute approximate surface area is 63.7 Å². The summed E-state index contributed by atoms with van der Waals surface area (Å²) in [5, 5.41) is 0. The zero-order chi connectivity index (χ0) is 7.98. The van der Waals surface area contributed by atoms with E-state index in [0.29, 0.717) is 0 Å². The summed E-state index contributed by atoms with van der Waals surface area (Å²) < 4.78 is 5.19. The second kappa shape index (κ2) is 5.69. The fraction of sp³-hybridized carbons (Fsp3) is 1.00. The van der Waals surface area contributed by atoms with E-state index in [4.69, 9.17) is 10.5 Å². The van der Waals surface area contributed by atoms with Crippen LogP contribution in [-0.4, -0.2) is 19.3 Å². The summed E-state index contributed by atoms with van der Waals surface area (Å²) in [6.07, 6.45) is 3.46. The summed E-state index contributed by atoms with van der Waals surface area (Å²) in [6, 6.07) is 0.222. The fourth-order valence-corrected chi connectivity index (χ4v) is 1.16. The third-order valence-corrected chi connectivity index (χ3v) is 1.80. The predicted molar refractivity (Wildman–Crippen MR) is 44.0 cm³/mol. The van der Waals surface area contributed by atoms with Gasteiger partial charge in [0.1, 0.15) is 0 Å². The third-order valence-electron chi connectivity index (χ3n) is 1.80. The van der Waals surface area contributed by atoms with Gasteiger partial charge in [0.05, 0.1) is 6.10 Å². The average Bonchev–Trinajstić information content (AvgIpc) is 1.91. The minimum absolute atomic E-state index is 0.222. The van der Waals surface area contributed by atoms with E-state index < -0.39 is 0 Å². The Morgan fingerprint density at radius 3 is 2.30 bits per heavy atom. The highest BCUT2D eigenvalue weighted by molar-refractivity contribution is 4.70. The van der Waals surface area contributed by atoms with E-state index in [2.05, 4.69) is 13.8 Å². The minimum Gasteiger partial charge on any atom is -0.380 e.